The third kappa shape index (κ3) is 3.81. The number of amidine groups is 1. The van der Waals surface area contributed by atoms with Crippen molar-refractivity contribution in [3.63, 3.8) is 0 Å². The monoisotopic (exact) mass is 221 g/mol. The van der Waals surface area contributed by atoms with Crippen LogP contribution in [0, 0.1) is 0 Å². The molecule has 0 spiro atoms. The molecule has 0 heterocycles. The Morgan fingerprint density at radius 3 is 2.56 bits per heavy atom. The van der Waals surface area contributed by atoms with Gasteiger partial charge in [0.15, 0.2) is 0 Å². The van der Waals surface area contributed by atoms with Crippen LogP contribution in [-0.4, -0.2) is 24.1 Å². The third-order valence-corrected chi connectivity index (χ3v) is 2.38. The molecule has 0 aliphatic rings. The zero-order valence-electron chi connectivity index (χ0n) is 9.63. The lowest BCUT2D eigenvalue weighted by molar-refractivity contribution is 0.317. The predicted molar refractivity (Wildman–Crippen MR) is 67.0 cm³/mol. The molecule has 4 nitrogen and oxygen atoms in total. The van der Waals surface area contributed by atoms with E-state index in [1.54, 1.807) is 0 Å². The molecule has 0 unspecified atom stereocenters. The Labute approximate surface area is 96.4 Å². The highest BCUT2D eigenvalue weighted by Crippen LogP contribution is 2.13. The van der Waals surface area contributed by atoms with Crippen LogP contribution in [0.25, 0.3) is 0 Å². The van der Waals surface area contributed by atoms with Crippen molar-refractivity contribution in [3.05, 3.63) is 30.3 Å². The second-order valence-corrected chi connectivity index (χ2v) is 3.66. The van der Waals surface area contributed by atoms with Crippen LogP contribution in [0.4, 0.5) is 5.69 Å². The van der Waals surface area contributed by atoms with Crippen molar-refractivity contribution in [2.75, 3.05) is 18.0 Å². The van der Waals surface area contributed by atoms with E-state index >= 15 is 0 Å². The molecule has 1 aromatic rings. The molecule has 0 atom stereocenters. The molecule has 0 fully saturated rings. The molecule has 0 bridgehead atoms. The van der Waals surface area contributed by atoms with Crippen LogP contribution < -0.4 is 10.6 Å². The van der Waals surface area contributed by atoms with Crippen LogP contribution in [0.5, 0.6) is 0 Å². The molecule has 0 amide bonds. The zero-order valence-corrected chi connectivity index (χ0v) is 9.63. The van der Waals surface area contributed by atoms with E-state index in [-0.39, 0.29) is 5.84 Å². The molecule has 0 saturated heterocycles. The number of anilines is 1. The quantitative estimate of drug-likeness (QED) is 0.334. The fraction of sp³-hybridized carbons (Fsp3) is 0.417. The molecular formula is C12H19N3O. The van der Waals surface area contributed by atoms with E-state index in [2.05, 4.69) is 29.1 Å². The van der Waals surface area contributed by atoms with E-state index in [4.69, 9.17) is 10.9 Å². The first-order valence-electron chi connectivity index (χ1n) is 5.54. The van der Waals surface area contributed by atoms with Gasteiger partial charge in [-0.2, -0.15) is 0 Å². The van der Waals surface area contributed by atoms with Crippen LogP contribution in [0.2, 0.25) is 0 Å². The molecule has 0 saturated carbocycles. The minimum absolute atomic E-state index is 0.275. The number of nitrogens with two attached hydrogens (primary N) is 1. The number of hydrogen-bond acceptors (Lipinski definition) is 3. The van der Waals surface area contributed by atoms with Crippen LogP contribution in [0.3, 0.4) is 0 Å². The van der Waals surface area contributed by atoms with E-state index < -0.39 is 0 Å². The average molecular weight is 221 g/mol. The lowest BCUT2D eigenvalue weighted by Gasteiger charge is -2.23. The maximum Gasteiger partial charge on any atom is 0.140 e. The van der Waals surface area contributed by atoms with Crippen LogP contribution in [0.15, 0.2) is 35.5 Å². The average Bonchev–Trinajstić information content (AvgIpc) is 2.35. The molecule has 4 heteroatoms. The third-order valence-electron chi connectivity index (χ3n) is 2.38. The molecule has 0 aromatic heterocycles. The van der Waals surface area contributed by atoms with Gasteiger partial charge in [0.2, 0.25) is 0 Å². The summed E-state index contributed by atoms with van der Waals surface area (Å²) in [5.41, 5.74) is 6.64. The second kappa shape index (κ2) is 6.71. The van der Waals surface area contributed by atoms with Crippen molar-refractivity contribution in [2.45, 2.75) is 19.8 Å². The summed E-state index contributed by atoms with van der Waals surface area (Å²) >= 11 is 0. The van der Waals surface area contributed by atoms with Crippen molar-refractivity contribution >= 4 is 11.5 Å². The summed E-state index contributed by atoms with van der Waals surface area (Å²) in [5, 5.41) is 11.5. The Kier molecular flexibility index (Phi) is 5.19. The highest BCUT2D eigenvalue weighted by Gasteiger charge is 2.05. The van der Waals surface area contributed by atoms with Crippen molar-refractivity contribution < 1.29 is 5.21 Å². The Morgan fingerprint density at radius 1 is 1.31 bits per heavy atom. The number of benzene rings is 1. The van der Waals surface area contributed by atoms with E-state index in [9.17, 15) is 0 Å². The van der Waals surface area contributed by atoms with E-state index in [0.717, 1.165) is 19.5 Å². The predicted octanol–water partition coefficient (Wildman–Crippen LogP) is 2.04. The van der Waals surface area contributed by atoms with Gasteiger partial charge in [0, 0.05) is 25.2 Å². The molecule has 1 aromatic carbocycles. The fourth-order valence-corrected chi connectivity index (χ4v) is 1.58. The van der Waals surface area contributed by atoms with Crippen molar-refractivity contribution in [2.24, 2.45) is 10.9 Å². The smallest absolute Gasteiger partial charge is 0.140 e. The largest absolute Gasteiger partial charge is 0.409 e. The Morgan fingerprint density at radius 2 is 2.00 bits per heavy atom. The normalized spacial score (nSPS) is 11.4. The standard InChI is InChI=1S/C12H19N3O/c1-2-9-15(10-8-12(13)14-16)11-6-4-3-5-7-11/h3-7,16H,2,8-10H2,1H3,(H2,13,14). The summed E-state index contributed by atoms with van der Waals surface area (Å²) < 4.78 is 0. The summed E-state index contributed by atoms with van der Waals surface area (Å²) in [6, 6.07) is 10.2. The zero-order chi connectivity index (χ0) is 11.8. The first-order valence-corrected chi connectivity index (χ1v) is 5.54. The van der Waals surface area contributed by atoms with Crippen molar-refractivity contribution in [1.29, 1.82) is 0 Å². The summed E-state index contributed by atoms with van der Waals surface area (Å²) in [5.74, 6) is 0.275. The molecule has 0 radical (unpaired) electrons. The topological polar surface area (TPSA) is 61.8 Å². The van der Waals surface area contributed by atoms with E-state index in [1.165, 1.54) is 5.69 Å². The highest BCUT2D eigenvalue weighted by molar-refractivity contribution is 5.80. The molecule has 1 rings (SSSR count). The molecule has 88 valence electrons. The number of oxime groups is 1. The number of nitrogens with zero attached hydrogens (tertiary/aromatic N) is 2. The Bertz CT molecular complexity index is 324. The van der Waals surface area contributed by atoms with Gasteiger partial charge >= 0.3 is 0 Å². The minimum atomic E-state index is 0.275. The van der Waals surface area contributed by atoms with Gasteiger partial charge in [-0.25, -0.2) is 0 Å². The molecule has 3 N–H and O–H groups in total. The SMILES string of the molecule is CCCN(CC/C(N)=N/O)c1ccccc1. The maximum absolute atomic E-state index is 8.49. The molecule has 0 aliphatic heterocycles. The summed E-state index contributed by atoms with van der Waals surface area (Å²) in [7, 11) is 0. The fourth-order valence-electron chi connectivity index (χ4n) is 1.58. The van der Waals surface area contributed by atoms with E-state index in [1.807, 2.05) is 18.2 Å². The molecule has 16 heavy (non-hydrogen) atoms. The lowest BCUT2D eigenvalue weighted by atomic mass is 10.2. The van der Waals surface area contributed by atoms with Crippen LogP contribution in [0.1, 0.15) is 19.8 Å². The van der Waals surface area contributed by atoms with E-state index in [0.29, 0.717) is 6.42 Å². The summed E-state index contributed by atoms with van der Waals surface area (Å²) in [6.45, 7) is 3.88. The van der Waals surface area contributed by atoms with Crippen molar-refractivity contribution in [1.82, 2.24) is 0 Å². The first kappa shape index (κ1) is 12.4. The first-order chi connectivity index (χ1) is 7.77. The molecular weight excluding hydrogens is 202 g/mol. The van der Waals surface area contributed by atoms with Crippen molar-refractivity contribution in [3.8, 4) is 0 Å². The van der Waals surface area contributed by atoms with Gasteiger partial charge in [0.05, 0.1) is 0 Å². The van der Waals surface area contributed by atoms with Gasteiger partial charge in [0.25, 0.3) is 0 Å². The Balaban J connectivity index is 2.61. The van der Waals surface area contributed by atoms with Crippen LogP contribution in [-0.2, 0) is 0 Å². The van der Waals surface area contributed by atoms with Gasteiger partial charge < -0.3 is 15.8 Å². The van der Waals surface area contributed by atoms with Gasteiger partial charge in [0.1, 0.15) is 5.84 Å². The Hall–Kier alpha value is -1.71. The number of para-hydroxylation sites is 1. The van der Waals surface area contributed by atoms with Gasteiger partial charge in [-0.1, -0.05) is 30.3 Å². The maximum atomic E-state index is 8.49. The lowest BCUT2D eigenvalue weighted by Crippen LogP contribution is -2.28. The number of hydrogen-bond donors (Lipinski definition) is 2. The highest BCUT2D eigenvalue weighted by atomic mass is 16.4. The van der Waals surface area contributed by atoms with Gasteiger partial charge in [-0.05, 0) is 18.6 Å². The number of rotatable bonds is 6. The summed E-state index contributed by atoms with van der Waals surface area (Å²) in [6.07, 6.45) is 1.65. The van der Waals surface area contributed by atoms with Gasteiger partial charge in [-0.3, -0.25) is 0 Å². The van der Waals surface area contributed by atoms with Crippen LogP contribution >= 0.6 is 0 Å². The molecule has 0 aliphatic carbocycles. The van der Waals surface area contributed by atoms with Gasteiger partial charge in [-0.15, -0.1) is 0 Å². The second-order valence-electron chi connectivity index (χ2n) is 3.66. The summed E-state index contributed by atoms with van der Waals surface area (Å²) in [4.78, 5) is 2.23. The minimum Gasteiger partial charge on any atom is -0.409 e.